The number of nitrogens with zero attached hydrogens (tertiary/aromatic N) is 1. The number of nitrogens with one attached hydrogen (secondary N) is 1. The molecular weight excluding hydrogens is 268 g/mol. The van der Waals surface area contributed by atoms with Crippen molar-refractivity contribution < 1.29 is 18.3 Å². The van der Waals surface area contributed by atoms with E-state index in [0.29, 0.717) is 13.0 Å². The van der Waals surface area contributed by atoms with Crippen LogP contribution in [0.1, 0.15) is 33.1 Å². The largest absolute Gasteiger partial charge is 0.394 e. The molecule has 2 N–H and O–H groups in total. The minimum Gasteiger partial charge on any atom is -0.394 e. The molecule has 0 aromatic rings. The van der Waals surface area contributed by atoms with E-state index in [1.54, 1.807) is 4.90 Å². The van der Waals surface area contributed by atoms with Gasteiger partial charge in [0.15, 0.2) is 0 Å². The predicted octanol–water partition coefficient (Wildman–Crippen LogP) is -0.0664. The number of carbonyl (C=O) groups excluding carboxylic acids is 1. The maximum atomic E-state index is 12.4. The molecule has 0 spiro atoms. The molecule has 1 fully saturated rings. The molecule has 6 nitrogen and oxygen atoms in total. The summed E-state index contributed by atoms with van der Waals surface area (Å²) in [4.78, 5) is 14.0. The van der Waals surface area contributed by atoms with Crippen LogP contribution >= 0.6 is 0 Å². The maximum absolute atomic E-state index is 12.4. The summed E-state index contributed by atoms with van der Waals surface area (Å²) in [6, 6.07) is -0.911. The summed E-state index contributed by atoms with van der Waals surface area (Å²) >= 11 is 0. The molecule has 0 saturated carbocycles. The fraction of sp³-hybridized carbons (Fsp3) is 0.917. The van der Waals surface area contributed by atoms with Crippen molar-refractivity contribution >= 4 is 15.9 Å². The van der Waals surface area contributed by atoms with Gasteiger partial charge in [0, 0.05) is 6.54 Å². The second kappa shape index (κ2) is 6.67. The molecule has 0 bridgehead atoms. The average Bonchev–Trinajstić information content (AvgIpc) is 2.72. The van der Waals surface area contributed by atoms with Gasteiger partial charge in [-0.05, 0) is 25.2 Å². The van der Waals surface area contributed by atoms with Gasteiger partial charge in [-0.25, -0.2) is 13.1 Å². The lowest BCUT2D eigenvalue weighted by Gasteiger charge is -2.28. The zero-order chi connectivity index (χ0) is 14.6. The first-order valence-corrected chi connectivity index (χ1v) is 8.52. The Kier molecular flexibility index (Phi) is 5.76. The smallest absolute Gasteiger partial charge is 0.241 e. The number of aliphatic hydroxyl groups excluding tert-OH is 1. The van der Waals surface area contributed by atoms with E-state index in [1.807, 2.05) is 13.8 Å². The Hall–Kier alpha value is -0.660. The van der Waals surface area contributed by atoms with Crippen LogP contribution in [0.25, 0.3) is 0 Å². The number of aliphatic hydroxyl groups is 1. The molecule has 0 aromatic carbocycles. The lowest BCUT2D eigenvalue weighted by atomic mass is 10.0. The van der Waals surface area contributed by atoms with Gasteiger partial charge in [-0.3, -0.25) is 4.79 Å². The van der Waals surface area contributed by atoms with E-state index >= 15 is 0 Å². The molecule has 112 valence electrons. The molecular formula is C12H24N2O4S. The Balaban J connectivity index is 2.81. The molecule has 1 aliphatic heterocycles. The van der Waals surface area contributed by atoms with Crippen LogP contribution in [-0.4, -0.2) is 55.8 Å². The minimum absolute atomic E-state index is 0.0704. The Labute approximate surface area is 115 Å². The van der Waals surface area contributed by atoms with E-state index in [9.17, 15) is 18.3 Å². The second-order valence-electron chi connectivity index (χ2n) is 5.58. The van der Waals surface area contributed by atoms with E-state index in [4.69, 9.17) is 0 Å². The normalized spacial score (nSPS) is 21.9. The van der Waals surface area contributed by atoms with Gasteiger partial charge in [-0.2, -0.15) is 0 Å². The summed E-state index contributed by atoms with van der Waals surface area (Å²) in [5.41, 5.74) is 0. The summed E-state index contributed by atoms with van der Waals surface area (Å²) in [5, 5.41) is 9.25. The molecule has 7 heteroatoms. The summed E-state index contributed by atoms with van der Waals surface area (Å²) in [7, 11) is -3.43. The van der Waals surface area contributed by atoms with Crippen molar-refractivity contribution in [1.82, 2.24) is 9.62 Å². The van der Waals surface area contributed by atoms with Gasteiger partial charge >= 0.3 is 0 Å². The molecule has 1 rings (SSSR count). The summed E-state index contributed by atoms with van der Waals surface area (Å²) in [6.45, 7) is 4.40. The lowest BCUT2D eigenvalue weighted by molar-refractivity contribution is -0.134. The molecule has 1 saturated heterocycles. The average molecular weight is 292 g/mol. The molecule has 2 atom stereocenters. The van der Waals surface area contributed by atoms with Crippen molar-refractivity contribution in [3.63, 3.8) is 0 Å². The van der Waals surface area contributed by atoms with Gasteiger partial charge in [0.05, 0.1) is 18.9 Å². The highest BCUT2D eigenvalue weighted by Crippen LogP contribution is 2.19. The molecule has 0 aliphatic carbocycles. The Morgan fingerprint density at radius 2 is 2.11 bits per heavy atom. The first-order valence-electron chi connectivity index (χ1n) is 6.63. The number of likely N-dealkylation sites (tertiary alicyclic amines) is 1. The van der Waals surface area contributed by atoms with Gasteiger partial charge in [0.2, 0.25) is 15.9 Å². The van der Waals surface area contributed by atoms with Crippen LogP contribution in [0.4, 0.5) is 0 Å². The fourth-order valence-electron chi connectivity index (χ4n) is 2.44. The van der Waals surface area contributed by atoms with Crippen LogP contribution in [0.2, 0.25) is 0 Å². The van der Waals surface area contributed by atoms with E-state index in [0.717, 1.165) is 19.1 Å². The van der Waals surface area contributed by atoms with Crippen LogP contribution in [-0.2, 0) is 14.8 Å². The zero-order valence-corrected chi connectivity index (χ0v) is 12.6. The van der Waals surface area contributed by atoms with E-state index < -0.39 is 16.1 Å². The Bertz CT molecular complexity index is 408. The fourth-order valence-corrected chi connectivity index (χ4v) is 3.16. The first-order chi connectivity index (χ1) is 8.74. The molecule has 1 amide bonds. The molecule has 2 unspecified atom stereocenters. The first kappa shape index (κ1) is 16.4. The topological polar surface area (TPSA) is 86.7 Å². The Morgan fingerprint density at radius 1 is 1.47 bits per heavy atom. The highest BCUT2D eigenvalue weighted by molar-refractivity contribution is 7.88. The third-order valence-electron chi connectivity index (χ3n) is 3.23. The van der Waals surface area contributed by atoms with Gasteiger partial charge in [-0.15, -0.1) is 0 Å². The molecule has 0 radical (unpaired) electrons. The maximum Gasteiger partial charge on any atom is 0.241 e. The van der Waals surface area contributed by atoms with Crippen molar-refractivity contribution in [2.45, 2.75) is 45.2 Å². The number of carbonyl (C=O) groups is 1. The van der Waals surface area contributed by atoms with E-state index in [1.165, 1.54) is 0 Å². The number of rotatable bonds is 6. The van der Waals surface area contributed by atoms with Gasteiger partial charge in [0.1, 0.15) is 6.04 Å². The lowest BCUT2D eigenvalue weighted by Crippen LogP contribution is -2.51. The van der Waals surface area contributed by atoms with E-state index in [-0.39, 0.29) is 24.5 Å². The number of hydrogen-bond donors (Lipinski definition) is 2. The zero-order valence-electron chi connectivity index (χ0n) is 11.8. The van der Waals surface area contributed by atoms with Crippen LogP contribution in [0.5, 0.6) is 0 Å². The van der Waals surface area contributed by atoms with Crippen LogP contribution in [0, 0.1) is 5.92 Å². The number of sulfonamides is 1. The van der Waals surface area contributed by atoms with Crippen molar-refractivity contribution in [2.75, 3.05) is 19.4 Å². The standard InChI is InChI=1S/C12H24N2O4S/c1-9(2)7-11(13-19(3,17)18)12(16)14-6-4-5-10(14)8-15/h9-11,13,15H,4-8H2,1-3H3. The summed E-state index contributed by atoms with van der Waals surface area (Å²) < 4.78 is 25.1. The quantitative estimate of drug-likeness (QED) is 0.717. The van der Waals surface area contributed by atoms with Crippen LogP contribution in [0.3, 0.4) is 0 Å². The number of amides is 1. The number of hydrogen-bond acceptors (Lipinski definition) is 4. The predicted molar refractivity (Wildman–Crippen MR) is 73.0 cm³/mol. The summed E-state index contributed by atoms with van der Waals surface area (Å²) in [6.07, 6.45) is 3.14. The SMILES string of the molecule is CC(C)CC(NS(C)(=O)=O)C(=O)N1CCCC1CO. The molecule has 1 heterocycles. The molecule has 1 aliphatic rings. The van der Waals surface area contributed by atoms with Crippen molar-refractivity contribution in [1.29, 1.82) is 0 Å². The van der Waals surface area contributed by atoms with Crippen molar-refractivity contribution in [3.8, 4) is 0 Å². The summed E-state index contributed by atoms with van der Waals surface area (Å²) in [5.74, 6) is -0.0194. The third kappa shape index (κ3) is 5.08. The van der Waals surface area contributed by atoms with Crippen LogP contribution in [0.15, 0.2) is 0 Å². The second-order valence-corrected chi connectivity index (χ2v) is 7.36. The Morgan fingerprint density at radius 3 is 2.58 bits per heavy atom. The van der Waals surface area contributed by atoms with Gasteiger partial charge in [-0.1, -0.05) is 13.8 Å². The van der Waals surface area contributed by atoms with Crippen LogP contribution < -0.4 is 4.72 Å². The van der Waals surface area contributed by atoms with Gasteiger partial charge in [0.25, 0.3) is 0 Å². The highest BCUT2D eigenvalue weighted by atomic mass is 32.2. The van der Waals surface area contributed by atoms with E-state index in [2.05, 4.69) is 4.72 Å². The van der Waals surface area contributed by atoms with Crippen molar-refractivity contribution in [2.24, 2.45) is 5.92 Å². The minimum atomic E-state index is -3.43. The molecule has 0 aromatic heterocycles. The third-order valence-corrected chi connectivity index (χ3v) is 3.95. The van der Waals surface area contributed by atoms with Gasteiger partial charge < -0.3 is 10.0 Å². The highest BCUT2D eigenvalue weighted by Gasteiger charge is 2.34. The monoisotopic (exact) mass is 292 g/mol. The van der Waals surface area contributed by atoms with Crippen molar-refractivity contribution in [3.05, 3.63) is 0 Å². The molecule has 19 heavy (non-hydrogen) atoms.